The molecular formula is C14H17NO. The van der Waals surface area contributed by atoms with Gasteiger partial charge < -0.3 is 5.32 Å². The zero-order chi connectivity index (χ0) is 11.4. The summed E-state index contributed by atoms with van der Waals surface area (Å²) in [5, 5.41) is 2.97. The second kappa shape index (κ2) is 4.97. The number of nitrogens with one attached hydrogen (secondary N) is 1. The minimum atomic E-state index is 0.181. The van der Waals surface area contributed by atoms with Crippen molar-refractivity contribution in [3.8, 4) is 0 Å². The van der Waals surface area contributed by atoms with Crippen LogP contribution in [0.25, 0.3) is 0 Å². The predicted octanol–water partition coefficient (Wildman–Crippen LogP) is 2.17. The number of benzene rings is 1. The number of hydrogen-bond acceptors (Lipinski definition) is 1. The highest BCUT2D eigenvalue weighted by molar-refractivity contribution is 5.81. The van der Waals surface area contributed by atoms with Crippen LogP contribution in [0.4, 0.5) is 0 Å². The zero-order valence-corrected chi connectivity index (χ0v) is 9.36. The van der Waals surface area contributed by atoms with Gasteiger partial charge in [-0.2, -0.15) is 0 Å². The summed E-state index contributed by atoms with van der Waals surface area (Å²) in [5.41, 5.74) is 1.26. The molecule has 1 aliphatic carbocycles. The maximum Gasteiger partial charge on any atom is 0.223 e. The Bertz CT molecular complexity index is 372. The average Bonchev–Trinajstić information content (AvgIpc) is 3.09. The smallest absolute Gasteiger partial charge is 0.223 e. The third kappa shape index (κ3) is 2.72. The second-order valence-electron chi connectivity index (χ2n) is 4.27. The van der Waals surface area contributed by atoms with E-state index in [1.165, 1.54) is 5.56 Å². The summed E-state index contributed by atoms with van der Waals surface area (Å²) in [6, 6.07) is 10.2. The van der Waals surface area contributed by atoms with E-state index in [1.54, 1.807) is 0 Å². The Hall–Kier alpha value is -1.57. The summed E-state index contributed by atoms with van der Waals surface area (Å²) in [6.45, 7) is 4.43. The molecule has 1 unspecified atom stereocenters. The molecule has 1 aromatic rings. The molecule has 1 aromatic carbocycles. The quantitative estimate of drug-likeness (QED) is 0.749. The van der Waals surface area contributed by atoms with Crippen molar-refractivity contribution < 1.29 is 4.79 Å². The summed E-state index contributed by atoms with van der Waals surface area (Å²) < 4.78 is 0. The number of carbonyl (C=O) groups excluding carboxylic acids is 1. The van der Waals surface area contributed by atoms with Crippen LogP contribution >= 0.6 is 0 Å². The molecule has 0 heterocycles. The molecule has 2 atom stereocenters. The van der Waals surface area contributed by atoms with E-state index in [-0.39, 0.29) is 11.8 Å². The number of hydrogen-bond donors (Lipinski definition) is 1. The van der Waals surface area contributed by atoms with Crippen molar-refractivity contribution in [2.75, 3.05) is 6.54 Å². The first-order chi connectivity index (χ1) is 7.81. The Morgan fingerprint density at radius 3 is 2.81 bits per heavy atom. The summed E-state index contributed by atoms with van der Waals surface area (Å²) in [7, 11) is 0. The van der Waals surface area contributed by atoms with Crippen LogP contribution in [0.2, 0.25) is 0 Å². The van der Waals surface area contributed by atoms with Gasteiger partial charge in [-0.25, -0.2) is 0 Å². The Labute approximate surface area is 96.4 Å². The monoisotopic (exact) mass is 215 g/mol. The number of allylic oxidation sites excluding steroid dienone is 1. The van der Waals surface area contributed by atoms with E-state index in [9.17, 15) is 4.79 Å². The van der Waals surface area contributed by atoms with E-state index in [0.717, 1.165) is 19.4 Å². The van der Waals surface area contributed by atoms with Crippen LogP contribution in [-0.2, 0) is 11.2 Å². The van der Waals surface area contributed by atoms with Gasteiger partial charge >= 0.3 is 0 Å². The molecule has 1 fully saturated rings. The first kappa shape index (κ1) is 10.9. The van der Waals surface area contributed by atoms with E-state index in [1.807, 2.05) is 24.3 Å². The maximum atomic E-state index is 11.6. The standard InChI is InChI=1S/C14H17NO/c1-2-12-10-13(12)14(16)15-9-8-11-6-4-3-5-7-11/h2-7,12-13H,1,8-10H2,(H,15,16)/t12?,13-/m0/s1. The molecule has 2 nitrogen and oxygen atoms in total. The lowest BCUT2D eigenvalue weighted by Gasteiger charge is -2.04. The van der Waals surface area contributed by atoms with E-state index < -0.39 is 0 Å². The van der Waals surface area contributed by atoms with Crippen LogP contribution in [0.5, 0.6) is 0 Å². The number of rotatable bonds is 5. The fraction of sp³-hybridized carbons (Fsp3) is 0.357. The van der Waals surface area contributed by atoms with E-state index >= 15 is 0 Å². The average molecular weight is 215 g/mol. The molecule has 1 amide bonds. The molecule has 0 radical (unpaired) electrons. The first-order valence-electron chi connectivity index (χ1n) is 5.75. The third-order valence-corrected chi connectivity index (χ3v) is 3.04. The molecule has 84 valence electrons. The van der Waals surface area contributed by atoms with Crippen LogP contribution in [0.1, 0.15) is 12.0 Å². The van der Waals surface area contributed by atoms with Gasteiger partial charge in [-0.05, 0) is 24.3 Å². The summed E-state index contributed by atoms with van der Waals surface area (Å²) in [4.78, 5) is 11.6. The van der Waals surface area contributed by atoms with Gasteiger partial charge in [-0.3, -0.25) is 4.79 Å². The molecule has 0 bridgehead atoms. The van der Waals surface area contributed by atoms with Crippen molar-refractivity contribution in [3.05, 3.63) is 48.6 Å². The summed E-state index contributed by atoms with van der Waals surface area (Å²) in [6.07, 6.45) is 3.75. The second-order valence-corrected chi connectivity index (χ2v) is 4.27. The molecular weight excluding hydrogens is 198 g/mol. The van der Waals surface area contributed by atoms with E-state index in [2.05, 4.69) is 24.0 Å². The molecule has 2 heteroatoms. The molecule has 1 saturated carbocycles. The minimum absolute atomic E-state index is 0.181. The van der Waals surface area contributed by atoms with Gasteiger partial charge in [0.05, 0.1) is 0 Å². The van der Waals surface area contributed by atoms with Crippen LogP contribution in [-0.4, -0.2) is 12.5 Å². The Balaban J connectivity index is 1.69. The summed E-state index contributed by atoms with van der Waals surface area (Å²) in [5.74, 6) is 0.783. The van der Waals surface area contributed by atoms with Gasteiger partial charge in [0, 0.05) is 12.5 Å². The lowest BCUT2D eigenvalue weighted by Crippen LogP contribution is -2.27. The highest BCUT2D eigenvalue weighted by atomic mass is 16.2. The molecule has 0 aromatic heterocycles. The van der Waals surface area contributed by atoms with Crippen LogP contribution in [0.15, 0.2) is 43.0 Å². The first-order valence-corrected chi connectivity index (χ1v) is 5.75. The van der Waals surface area contributed by atoms with Crippen molar-refractivity contribution in [3.63, 3.8) is 0 Å². The molecule has 0 aliphatic heterocycles. The molecule has 0 spiro atoms. The largest absolute Gasteiger partial charge is 0.356 e. The lowest BCUT2D eigenvalue weighted by atomic mass is 10.1. The van der Waals surface area contributed by atoms with Crippen molar-refractivity contribution in [2.24, 2.45) is 11.8 Å². The van der Waals surface area contributed by atoms with Crippen molar-refractivity contribution in [2.45, 2.75) is 12.8 Å². The maximum absolute atomic E-state index is 11.6. The fourth-order valence-electron chi connectivity index (χ4n) is 1.88. The van der Waals surface area contributed by atoms with Gasteiger partial charge in [0.25, 0.3) is 0 Å². The number of amides is 1. The Morgan fingerprint density at radius 1 is 1.44 bits per heavy atom. The highest BCUT2D eigenvalue weighted by Gasteiger charge is 2.40. The van der Waals surface area contributed by atoms with Gasteiger partial charge in [0.1, 0.15) is 0 Å². The van der Waals surface area contributed by atoms with Gasteiger partial charge in [0.15, 0.2) is 0 Å². The molecule has 16 heavy (non-hydrogen) atoms. The normalized spacial score (nSPS) is 22.5. The van der Waals surface area contributed by atoms with Crippen molar-refractivity contribution in [1.82, 2.24) is 5.32 Å². The highest BCUT2D eigenvalue weighted by Crippen LogP contribution is 2.39. The topological polar surface area (TPSA) is 29.1 Å². The van der Waals surface area contributed by atoms with Gasteiger partial charge in [-0.15, -0.1) is 6.58 Å². The minimum Gasteiger partial charge on any atom is -0.356 e. The van der Waals surface area contributed by atoms with Crippen molar-refractivity contribution in [1.29, 1.82) is 0 Å². The van der Waals surface area contributed by atoms with Gasteiger partial charge in [-0.1, -0.05) is 36.4 Å². The zero-order valence-electron chi connectivity index (χ0n) is 9.36. The van der Waals surface area contributed by atoms with Crippen LogP contribution in [0, 0.1) is 11.8 Å². The Kier molecular flexibility index (Phi) is 3.40. The van der Waals surface area contributed by atoms with Crippen LogP contribution in [0.3, 0.4) is 0 Å². The third-order valence-electron chi connectivity index (χ3n) is 3.04. The lowest BCUT2D eigenvalue weighted by molar-refractivity contribution is -0.122. The van der Waals surface area contributed by atoms with E-state index in [0.29, 0.717) is 5.92 Å². The number of carbonyl (C=O) groups is 1. The van der Waals surface area contributed by atoms with Crippen molar-refractivity contribution >= 4 is 5.91 Å². The van der Waals surface area contributed by atoms with Gasteiger partial charge in [0.2, 0.25) is 5.91 Å². The van der Waals surface area contributed by atoms with E-state index in [4.69, 9.17) is 0 Å². The fourth-order valence-corrected chi connectivity index (χ4v) is 1.88. The predicted molar refractivity (Wildman–Crippen MR) is 64.9 cm³/mol. The SMILES string of the molecule is C=CC1C[C@@H]1C(=O)NCCc1ccccc1. The molecule has 2 rings (SSSR count). The van der Waals surface area contributed by atoms with Crippen LogP contribution < -0.4 is 5.32 Å². The molecule has 1 N–H and O–H groups in total. The molecule has 0 saturated heterocycles. The molecule has 1 aliphatic rings. The summed E-state index contributed by atoms with van der Waals surface area (Å²) >= 11 is 0. The Morgan fingerprint density at radius 2 is 2.19 bits per heavy atom.